The molecule has 0 fully saturated rings. The Morgan fingerprint density at radius 3 is 2.68 bits per heavy atom. The summed E-state index contributed by atoms with van der Waals surface area (Å²) in [5.74, 6) is 0.358. The number of hydrogen-bond donors (Lipinski definition) is 2. The smallest absolute Gasteiger partial charge is 0.182 e. The topological polar surface area (TPSA) is 89.9 Å². The van der Waals surface area contributed by atoms with Crippen LogP contribution in [0.2, 0.25) is 0 Å². The molecule has 0 aliphatic heterocycles. The van der Waals surface area contributed by atoms with Crippen LogP contribution in [0.25, 0.3) is 11.2 Å². The van der Waals surface area contributed by atoms with Gasteiger partial charge in [-0.05, 0) is 5.56 Å². The molecule has 0 radical (unpaired) electrons. The number of anilines is 1. The molecule has 0 amide bonds. The first-order chi connectivity index (χ1) is 9.31. The average molecular weight is 255 g/mol. The molecule has 0 saturated heterocycles. The second kappa shape index (κ2) is 4.66. The van der Waals surface area contributed by atoms with Gasteiger partial charge in [0.25, 0.3) is 0 Å². The van der Waals surface area contributed by atoms with Gasteiger partial charge in [-0.25, -0.2) is 15.0 Å². The molecule has 96 valence electrons. The van der Waals surface area contributed by atoms with Crippen LogP contribution in [-0.4, -0.2) is 31.2 Å². The zero-order valence-corrected chi connectivity index (χ0v) is 10.1. The lowest BCUT2D eigenvalue weighted by molar-refractivity contribution is 0.251. The van der Waals surface area contributed by atoms with E-state index in [0.717, 1.165) is 5.56 Å². The Bertz CT molecular complexity index is 695. The van der Waals surface area contributed by atoms with Gasteiger partial charge < -0.3 is 15.4 Å². The lowest BCUT2D eigenvalue weighted by Gasteiger charge is -2.17. The van der Waals surface area contributed by atoms with Crippen molar-refractivity contribution in [1.82, 2.24) is 19.5 Å². The van der Waals surface area contributed by atoms with Crippen molar-refractivity contribution in [1.29, 1.82) is 0 Å². The Hall–Kier alpha value is -2.47. The number of rotatable bonds is 3. The lowest BCUT2D eigenvalue weighted by atomic mass is 10.1. The van der Waals surface area contributed by atoms with Gasteiger partial charge in [-0.3, -0.25) is 0 Å². The second-order valence-electron chi connectivity index (χ2n) is 4.19. The Kier molecular flexibility index (Phi) is 2.85. The molecule has 0 spiro atoms. The zero-order valence-electron chi connectivity index (χ0n) is 10.1. The van der Waals surface area contributed by atoms with E-state index in [1.165, 1.54) is 6.33 Å². The first-order valence-corrected chi connectivity index (χ1v) is 5.90. The van der Waals surface area contributed by atoms with Gasteiger partial charge in [-0.1, -0.05) is 30.3 Å². The quantitative estimate of drug-likeness (QED) is 0.728. The van der Waals surface area contributed by atoms with E-state index in [0.29, 0.717) is 17.0 Å². The minimum atomic E-state index is -0.250. The number of hydrogen-bond acceptors (Lipinski definition) is 5. The van der Waals surface area contributed by atoms with E-state index in [-0.39, 0.29) is 12.6 Å². The molecule has 1 unspecified atom stereocenters. The number of aromatic nitrogens is 4. The number of nitrogens with zero attached hydrogens (tertiary/aromatic N) is 4. The summed E-state index contributed by atoms with van der Waals surface area (Å²) in [4.78, 5) is 12.2. The zero-order chi connectivity index (χ0) is 13.2. The molecule has 6 nitrogen and oxygen atoms in total. The maximum Gasteiger partial charge on any atom is 0.182 e. The van der Waals surface area contributed by atoms with Gasteiger partial charge in [0.1, 0.15) is 11.8 Å². The van der Waals surface area contributed by atoms with Gasteiger partial charge in [0.05, 0.1) is 19.0 Å². The van der Waals surface area contributed by atoms with Gasteiger partial charge >= 0.3 is 0 Å². The van der Waals surface area contributed by atoms with Crippen LogP contribution in [0.4, 0.5) is 5.82 Å². The predicted molar refractivity (Wildman–Crippen MR) is 71.4 cm³/mol. The summed E-state index contributed by atoms with van der Waals surface area (Å²) in [5, 5.41) is 9.67. The molecule has 2 heterocycles. The second-order valence-corrected chi connectivity index (χ2v) is 4.19. The molecule has 3 aromatic rings. The molecule has 2 aromatic heterocycles. The number of nitrogen functional groups attached to an aromatic ring is 1. The normalized spacial score (nSPS) is 12.7. The van der Waals surface area contributed by atoms with E-state index in [1.807, 2.05) is 30.3 Å². The molecule has 3 N–H and O–H groups in total. The fraction of sp³-hybridized carbons (Fsp3) is 0.154. The van der Waals surface area contributed by atoms with E-state index in [2.05, 4.69) is 15.0 Å². The van der Waals surface area contributed by atoms with Gasteiger partial charge in [-0.15, -0.1) is 0 Å². The third kappa shape index (κ3) is 1.92. The highest BCUT2D eigenvalue weighted by atomic mass is 16.3. The number of nitrogens with two attached hydrogens (primary N) is 1. The number of aliphatic hydroxyl groups excluding tert-OH is 1. The van der Waals surface area contributed by atoms with Crippen LogP contribution < -0.4 is 5.73 Å². The summed E-state index contributed by atoms with van der Waals surface area (Å²) in [7, 11) is 0. The van der Waals surface area contributed by atoms with Crippen molar-refractivity contribution in [3.8, 4) is 0 Å². The van der Waals surface area contributed by atoms with Crippen molar-refractivity contribution in [2.75, 3.05) is 12.3 Å². The summed E-state index contributed by atoms with van der Waals surface area (Å²) >= 11 is 0. The molecule has 1 atom stereocenters. The van der Waals surface area contributed by atoms with Gasteiger partial charge in [0.2, 0.25) is 0 Å². The predicted octanol–water partition coefficient (Wildman–Crippen LogP) is 0.990. The summed E-state index contributed by atoms with van der Waals surface area (Å²) in [5.41, 5.74) is 8.03. The Labute approximate surface area is 109 Å². The van der Waals surface area contributed by atoms with Crippen LogP contribution in [0.15, 0.2) is 43.0 Å². The SMILES string of the molecule is Nc1ncnc2ncn(C(CO)c3ccccc3)c12. The van der Waals surface area contributed by atoms with Gasteiger partial charge in [0, 0.05) is 0 Å². The van der Waals surface area contributed by atoms with E-state index in [4.69, 9.17) is 5.73 Å². The number of aliphatic hydroxyl groups is 1. The Balaban J connectivity index is 2.17. The molecular weight excluding hydrogens is 242 g/mol. The van der Waals surface area contributed by atoms with E-state index >= 15 is 0 Å². The van der Waals surface area contributed by atoms with E-state index in [9.17, 15) is 5.11 Å². The molecule has 6 heteroatoms. The van der Waals surface area contributed by atoms with Crippen LogP contribution in [0, 0.1) is 0 Å². The van der Waals surface area contributed by atoms with E-state index < -0.39 is 0 Å². The van der Waals surface area contributed by atoms with Gasteiger partial charge in [-0.2, -0.15) is 0 Å². The summed E-state index contributed by atoms with van der Waals surface area (Å²) < 4.78 is 1.81. The minimum Gasteiger partial charge on any atom is -0.394 e. The van der Waals surface area contributed by atoms with Crippen LogP contribution >= 0.6 is 0 Å². The van der Waals surface area contributed by atoms with Crippen molar-refractivity contribution in [3.05, 3.63) is 48.5 Å². The number of fused-ring (bicyclic) bond motifs is 1. The number of benzene rings is 1. The maximum absolute atomic E-state index is 9.67. The lowest BCUT2D eigenvalue weighted by Crippen LogP contribution is -2.14. The third-order valence-electron chi connectivity index (χ3n) is 3.09. The summed E-state index contributed by atoms with van der Waals surface area (Å²) in [6.45, 7) is -0.0518. The molecule has 3 rings (SSSR count). The third-order valence-corrected chi connectivity index (χ3v) is 3.09. The fourth-order valence-corrected chi connectivity index (χ4v) is 2.16. The molecule has 0 aliphatic carbocycles. The van der Waals surface area contributed by atoms with Crippen LogP contribution in [0.1, 0.15) is 11.6 Å². The summed E-state index contributed by atoms with van der Waals surface area (Å²) in [6.07, 6.45) is 3.01. The van der Waals surface area contributed by atoms with Crippen molar-refractivity contribution in [2.24, 2.45) is 0 Å². The molecule has 19 heavy (non-hydrogen) atoms. The highest BCUT2D eigenvalue weighted by Crippen LogP contribution is 2.24. The Morgan fingerprint density at radius 2 is 1.95 bits per heavy atom. The van der Waals surface area contributed by atoms with Crippen LogP contribution in [0.5, 0.6) is 0 Å². The molecule has 0 saturated carbocycles. The van der Waals surface area contributed by atoms with Crippen molar-refractivity contribution in [2.45, 2.75) is 6.04 Å². The fourth-order valence-electron chi connectivity index (χ4n) is 2.16. The average Bonchev–Trinajstić information content (AvgIpc) is 2.86. The van der Waals surface area contributed by atoms with Crippen molar-refractivity contribution in [3.63, 3.8) is 0 Å². The molecule has 0 aliphatic rings. The standard InChI is InChI=1S/C13H13N5O/c14-12-11-13(16-7-15-12)17-8-18(11)10(6-19)9-4-2-1-3-5-9/h1-5,7-8,10,19H,6H2,(H2,14,15,16). The van der Waals surface area contributed by atoms with E-state index in [1.54, 1.807) is 10.9 Å². The first-order valence-electron chi connectivity index (χ1n) is 5.90. The molecular formula is C13H13N5O. The maximum atomic E-state index is 9.67. The van der Waals surface area contributed by atoms with Crippen molar-refractivity contribution >= 4 is 17.0 Å². The largest absolute Gasteiger partial charge is 0.394 e. The highest BCUT2D eigenvalue weighted by Gasteiger charge is 2.17. The van der Waals surface area contributed by atoms with Crippen LogP contribution in [0.3, 0.4) is 0 Å². The highest BCUT2D eigenvalue weighted by molar-refractivity contribution is 5.81. The Morgan fingerprint density at radius 1 is 1.16 bits per heavy atom. The van der Waals surface area contributed by atoms with Gasteiger partial charge in [0.15, 0.2) is 11.5 Å². The molecule has 0 bridgehead atoms. The number of imidazole rings is 1. The van der Waals surface area contributed by atoms with Crippen LogP contribution in [-0.2, 0) is 0 Å². The molecule has 1 aromatic carbocycles. The minimum absolute atomic E-state index is 0.0518. The monoisotopic (exact) mass is 255 g/mol. The summed E-state index contributed by atoms with van der Waals surface area (Å²) in [6, 6.07) is 9.44. The first kappa shape index (κ1) is 11.6. The van der Waals surface area contributed by atoms with Crippen molar-refractivity contribution < 1.29 is 5.11 Å².